The highest BCUT2D eigenvalue weighted by atomic mass is 32.2. The van der Waals surface area contributed by atoms with E-state index < -0.39 is 0 Å². The molecule has 0 amide bonds. The number of allylic oxidation sites excluding steroid dienone is 2. The second-order valence-corrected chi connectivity index (χ2v) is 4.05. The van der Waals surface area contributed by atoms with Crippen LogP contribution in [0.15, 0.2) is 42.5 Å². The molecule has 0 heterocycles. The van der Waals surface area contributed by atoms with Crippen LogP contribution in [0.2, 0.25) is 0 Å². The Morgan fingerprint density at radius 1 is 1.36 bits per heavy atom. The van der Waals surface area contributed by atoms with E-state index in [2.05, 4.69) is 50.9 Å². The highest BCUT2D eigenvalue weighted by Gasteiger charge is 2.04. The van der Waals surface area contributed by atoms with Crippen LogP contribution in [0.4, 0.5) is 0 Å². The Labute approximate surface area is 90.7 Å². The molecule has 14 heavy (non-hydrogen) atoms. The van der Waals surface area contributed by atoms with Crippen LogP contribution < -0.4 is 0 Å². The molecule has 74 valence electrons. The van der Waals surface area contributed by atoms with Crippen molar-refractivity contribution in [3.63, 3.8) is 0 Å². The van der Waals surface area contributed by atoms with Gasteiger partial charge in [-0.15, -0.1) is 11.8 Å². The van der Waals surface area contributed by atoms with E-state index in [4.69, 9.17) is 0 Å². The molecule has 0 bridgehead atoms. The maximum atomic E-state index is 3.81. The first-order valence-corrected chi connectivity index (χ1v) is 5.86. The smallest absolute Gasteiger partial charge is 0.0173 e. The predicted octanol–water partition coefficient (Wildman–Crippen LogP) is 4.28. The molecule has 0 N–H and O–H groups in total. The lowest BCUT2D eigenvalue weighted by atomic mass is 10.1. The van der Waals surface area contributed by atoms with Crippen LogP contribution in [0, 0.1) is 6.92 Å². The van der Waals surface area contributed by atoms with Crippen molar-refractivity contribution >= 4 is 16.7 Å². The van der Waals surface area contributed by atoms with Gasteiger partial charge in [0.15, 0.2) is 0 Å². The zero-order valence-electron chi connectivity index (χ0n) is 9.00. The molecule has 0 saturated heterocycles. The van der Waals surface area contributed by atoms with Gasteiger partial charge in [0.05, 0.1) is 0 Å². The molecule has 0 aliphatic carbocycles. The second-order valence-electron chi connectivity index (χ2n) is 3.24. The minimum atomic E-state index is 1.24. The molecule has 1 rings (SSSR count). The molecule has 0 atom stereocenters. The Hall–Kier alpha value is -0.950. The molecule has 1 heteroatoms. The van der Waals surface area contributed by atoms with Gasteiger partial charge in [0.1, 0.15) is 0 Å². The molecular formula is C13H16S. The summed E-state index contributed by atoms with van der Waals surface area (Å²) in [7, 11) is 0. The molecule has 0 aliphatic rings. The van der Waals surface area contributed by atoms with Crippen LogP contribution in [0.1, 0.15) is 18.1 Å². The van der Waals surface area contributed by atoms with Crippen LogP contribution in [0.5, 0.6) is 0 Å². The van der Waals surface area contributed by atoms with E-state index >= 15 is 0 Å². The van der Waals surface area contributed by atoms with Crippen LogP contribution in [0.3, 0.4) is 0 Å². The van der Waals surface area contributed by atoms with E-state index in [-0.39, 0.29) is 0 Å². The van der Waals surface area contributed by atoms with Crippen molar-refractivity contribution in [2.24, 2.45) is 0 Å². The fourth-order valence-corrected chi connectivity index (χ4v) is 2.26. The normalized spacial score (nSPS) is 12.2. The summed E-state index contributed by atoms with van der Waals surface area (Å²) in [5.41, 5.74) is 3.88. The maximum Gasteiger partial charge on any atom is 0.0173 e. The Kier molecular flexibility index (Phi) is 4.02. The van der Waals surface area contributed by atoms with Gasteiger partial charge in [0.2, 0.25) is 0 Å². The molecule has 0 nitrogen and oxygen atoms in total. The number of rotatable bonds is 3. The first kappa shape index (κ1) is 11.1. The van der Waals surface area contributed by atoms with Gasteiger partial charge in [-0.3, -0.25) is 0 Å². The lowest BCUT2D eigenvalue weighted by molar-refractivity contribution is 1.42. The van der Waals surface area contributed by atoms with E-state index in [0.717, 1.165) is 0 Å². The third-order valence-corrected chi connectivity index (χ3v) is 3.21. The van der Waals surface area contributed by atoms with Crippen molar-refractivity contribution in [2.75, 3.05) is 6.26 Å². The van der Waals surface area contributed by atoms with Gasteiger partial charge in [-0.05, 0) is 36.8 Å². The number of hydrogen-bond acceptors (Lipinski definition) is 1. The first-order valence-electron chi connectivity index (χ1n) is 4.64. The summed E-state index contributed by atoms with van der Waals surface area (Å²) >= 11 is 1.78. The molecule has 0 saturated carbocycles. The van der Waals surface area contributed by atoms with Gasteiger partial charge >= 0.3 is 0 Å². The number of benzene rings is 1. The van der Waals surface area contributed by atoms with Crippen LogP contribution in [0.25, 0.3) is 4.91 Å². The molecule has 1 aromatic carbocycles. The minimum Gasteiger partial charge on any atom is -0.129 e. The number of aryl methyl sites for hydroxylation is 1. The molecule has 0 aromatic heterocycles. The van der Waals surface area contributed by atoms with E-state index in [1.165, 1.54) is 21.6 Å². The van der Waals surface area contributed by atoms with Gasteiger partial charge in [0, 0.05) is 4.91 Å². The molecule has 0 unspecified atom stereocenters. The third-order valence-electron chi connectivity index (χ3n) is 2.26. The summed E-state index contributed by atoms with van der Waals surface area (Å²) in [6, 6.07) is 8.45. The van der Waals surface area contributed by atoms with Crippen LogP contribution >= 0.6 is 11.8 Å². The first-order chi connectivity index (χ1) is 6.70. The Morgan fingerprint density at radius 3 is 2.50 bits per heavy atom. The number of thioether (sulfide) groups is 1. The van der Waals surface area contributed by atoms with Crippen molar-refractivity contribution in [2.45, 2.75) is 13.8 Å². The van der Waals surface area contributed by atoms with E-state index in [1.807, 2.05) is 6.08 Å². The SMILES string of the molecule is C=C/C(C)=C(\SC)c1ccccc1C. The number of hydrogen-bond donors (Lipinski definition) is 0. The van der Waals surface area contributed by atoms with Gasteiger partial charge < -0.3 is 0 Å². The van der Waals surface area contributed by atoms with Crippen molar-refractivity contribution in [1.29, 1.82) is 0 Å². The average Bonchev–Trinajstić information content (AvgIpc) is 2.21. The Morgan fingerprint density at radius 2 is 2.00 bits per heavy atom. The summed E-state index contributed by atoms with van der Waals surface area (Å²) in [6.07, 6.45) is 4.02. The van der Waals surface area contributed by atoms with Gasteiger partial charge in [-0.2, -0.15) is 0 Å². The van der Waals surface area contributed by atoms with E-state index in [1.54, 1.807) is 11.8 Å². The molecule has 0 aliphatic heterocycles. The van der Waals surface area contributed by atoms with Gasteiger partial charge in [-0.25, -0.2) is 0 Å². The molecule has 1 aromatic rings. The quantitative estimate of drug-likeness (QED) is 0.662. The standard InChI is InChI=1S/C13H16S/c1-5-10(2)13(14-4)12-9-7-6-8-11(12)3/h5-9H,1H2,2-4H3/b13-10-. The van der Waals surface area contributed by atoms with Crippen LogP contribution in [-0.4, -0.2) is 6.26 Å². The molecular weight excluding hydrogens is 188 g/mol. The highest BCUT2D eigenvalue weighted by molar-refractivity contribution is 8.07. The van der Waals surface area contributed by atoms with Crippen molar-refractivity contribution in [3.8, 4) is 0 Å². The summed E-state index contributed by atoms with van der Waals surface area (Å²) in [4.78, 5) is 1.32. The zero-order chi connectivity index (χ0) is 10.6. The zero-order valence-corrected chi connectivity index (χ0v) is 9.82. The predicted molar refractivity (Wildman–Crippen MR) is 67.5 cm³/mol. The molecule has 0 spiro atoms. The fourth-order valence-electron chi connectivity index (χ4n) is 1.40. The van der Waals surface area contributed by atoms with Crippen molar-refractivity contribution in [1.82, 2.24) is 0 Å². The van der Waals surface area contributed by atoms with Crippen molar-refractivity contribution in [3.05, 3.63) is 53.6 Å². The molecule has 0 fully saturated rings. The minimum absolute atomic E-state index is 1.24. The lowest BCUT2D eigenvalue weighted by Gasteiger charge is -2.10. The fraction of sp³-hybridized carbons (Fsp3) is 0.231. The Bertz CT molecular complexity index is 361. The highest BCUT2D eigenvalue weighted by Crippen LogP contribution is 2.31. The monoisotopic (exact) mass is 204 g/mol. The topological polar surface area (TPSA) is 0 Å². The largest absolute Gasteiger partial charge is 0.129 e. The van der Waals surface area contributed by atoms with Gasteiger partial charge in [0.25, 0.3) is 0 Å². The third kappa shape index (κ3) is 2.30. The maximum absolute atomic E-state index is 3.81. The van der Waals surface area contributed by atoms with Crippen LogP contribution in [-0.2, 0) is 0 Å². The van der Waals surface area contributed by atoms with Gasteiger partial charge in [-0.1, -0.05) is 36.9 Å². The second kappa shape index (κ2) is 5.06. The van der Waals surface area contributed by atoms with E-state index in [0.29, 0.717) is 0 Å². The van der Waals surface area contributed by atoms with E-state index in [9.17, 15) is 0 Å². The van der Waals surface area contributed by atoms with Crippen molar-refractivity contribution < 1.29 is 0 Å². The summed E-state index contributed by atoms with van der Waals surface area (Å²) in [5, 5.41) is 0. The lowest BCUT2D eigenvalue weighted by Crippen LogP contribution is -1.87. The summed E-state index contributed by atoms with van der Waals surface area (Å²) in [5.74, 6) is 0. The summed E-state index contributed by atoms with van der Waals surface area (Å²) in [6.45, 7) is 8.06. The molecule has 0 radical (unpaired) electrons. The average molecular weight is 204 g/mol. The Balaban J connectivity index is 3.27. The summed E-state index contributed by atoms with van der Waals surface area (Å²) < 4.78 is 0.